The molecule has 2 aliphatic heterocycles. The van der Waals surface area contributed by atoms with Gasteiger partial charge in [-0.2, -0.15) is 0 Å². The lowest BCUT2D eigenvalue weighted by molar-refractivity contribution is 0.0607. The summed E-state index contributed by atoms with van der Waals surface area (Å²) in [4.78, 5) is 17.3. The summed E-state index contributed by atoms with van der Waals surface area (Å²) in [7, 11) is 0. The van der Waals surface area contributed by atoms with E-state index in [4.69, 9.17) is 5.73 Å². The molecule has 2 saturated heterocycles. The Kier molecular flexibility index (Phi) is 4.50. The number of anilines is 1. The first-order chi connectivity index (χ1) is 10.1. The Morgan fingerprint density at radius 3 is 2.71 bits per heavy atom. The molecule has 0 radical (unpaired) electrons. The highest BCUT2D eigenvalue weighted by Crippen LogP contribution is 2.25. The van der Waals surface area contributed by atoms with Crippen molar-refractivity contribution < 1.29 is 4.79 Å². The Labute approximate surface area is 134 Å². The van der Waals surface area contributed by atoms with Crippen LogP contribution in [0.15, 0.2) is 22.7 Å². The summed E-state index contributed by atoms with van der Waals surface area (Å²) in [5.74, 6) is 0.0954. The van der Waals surface area contributed by atoms with E-state index in [2.05, 4.69) is 20.8 Å². The number of benzene rings is 1. The minimum absolute atomic E-state index is 0.0954. The number of piperidine rings is 1. The smallest absolute Gasteiger partial charge is 0.255 e. The third-order valence-electron chi connectivity index (χ3n) is 4.56. The van der Waals surface area contributed by atoms with Crippen LogP contribution >= 0.6 is 15.9 Å². The van der Waals surface area contributed by atoms with Gasteiger partial charge in [0.05, 0.1) is 5.56 Å². The van der Waals surface area contributed by atoms with Crippen LogP contribution in [0.2, 0.25) is 0 Å². The third kappa shape index (κ3) is 3.24. The summed E-state index contributed by atoms with van der Waals surface area (Å²) < 4.78 is 0.824. The van der Waals surface area contributed by atoms with Crippen LogP contribution in [0.5, 0.6) is 0 Å². The highest BCUT2D eigenvalue weighted by molar-refractivity contribution is 9.10. The minimum Gasteiger partial charge on any atom is -0.399 e. The summed E-state index contributed by atoms with van der Waals surface area (Å²) in [6.45, 7) is 4.08. The van der Waals surface area contributed by atoms with Crippen molar-refractivity contribution in [1.82, 2.24) is 9.80 Å². The van der Waals surface area contributed by atoms with E-state index < -0.39 is 0 Å². The molecule has 0 aromatic heterocycles. The molecule has 1 aromatic rings. The molecule has 0 bridgehead atoms. The molecule has 1 aromatic carbocycles. The van der Waals surface area contributed by atoms with Gasteiger partial charge in [-0.05, 0) is 72.9 Å². The zero-order valence-corrected chi connectivity index (χ0v) is 13.8. The molecule has 2 N–H and O–H groups in total. The fourth-order valence-electron chi connectivity index (χ4n) is 3.42. The Morgan fingerprint density at radius 1 is 1.19 bits per heavy atom. The second kappa shape index (κ2) is 6.36. The van der Waals surface area contributed by atoms with Crippen LogP contribution in [0.1, 0.15) is 36.0 Å². The molecule has 3 rings (SSSR count). The fourth-order valence-corrected chi connectivity index (χ4v) is 3.84. The molecule has 2 heterocycles. The normalized spacial score (nSPS) is 23.5. The zero-order chi connectivity index (χ0) is 14.8. The van der Waals surface area contributed by atoms with Crippen molar-refractivity contribution in [2.24, 2.45) is 0 Å². The molecule has 114 valence electrons. The van der Waals surface area contributed by atoms with Crippen molar-refractivity contribution in [3.8, 4) is 0 Å². The number of carbonyl (C=O) groups is 1. The maximum Gasteiger partial charge on any atom is 0.255 e. The third-order valence-corrected chi connectivity index (χ3v) is 5.25. The molecule has 2 aliphatic rings. The fraction of sp³-hybridized carbons (Fsp3) is 0.562. The maximum atomic E-state index is 12.8. The molecular formula is C16H22BrN3O. The number of halogens is 1. The van der Waals surface area contributed by atoms with Gasteiger partial charge in [-0.1, -0.05) is 0 Å². The van der Waals surface area contributed by atoms with Crippen molar-refractivity contribution >= 4 is 27.5 Å². The number of amides is 1. The molecule has 21 heavy (non-hydrogen) atoms. The lowest BCUT2D eigenvalue weighted by Crippen LogP contribution is -2.49. The van der Waals surface area contributed by atoms with Crippen molar-refractivity contribution in [2.75, 3.05) is 31.9 Å². The number of rotatable bonds is 2. The largest absolute Gasteiger partial charge is 0.399 e. The Morgan fingerprint density at radius 2 is 1.95 bits per heavy atom. The van der Waals surface area contributed by atoms with E-state index in [1.165, 1.54) is 32.4 Å². The molecule has 0 aliphatic carbocycles. The van der Waals surface area contributed by atoms with E-state index in [0.717, 1.165) is 24.0 Å². The van der Waals surface area contributed by atoms with E-state index >= 15 is 0 Å². The number of carbonyl (C=O) groups excluding carboxylic acids is 1. The van der Waals surface area contributed by atoms with Crippen LogP contribution < -0.4 is 5.73 Å². The molecule has 1 atom stereocenters. The van der Waals surface area contributed by atoms with Gasteiger partial charge in [-0.15, -0.1) is 0 Å². The van der Waals surface area contributed by atoms with Crippen LogP contribution in [0.3, 0.4) is 0 Å². The lowest BCUT2D eigenvalue weighted by atomic mass is 10.0. The predicted molar refractivity (Wildman–Crippen MR) is 88.3 cm³/mol. The van der Waals surface area contributed by atoms with Gasteiger partial charge >= 0.3 is 0 Å². The topological polar surface area (TPSA) is 49.6 Å². The van der Waals surface area contributed by atoms with Crippen molar-refractivity contribution in [3.63, 3.8) is 0 Å². The van der Waals surface area contributed by atoms with E-state index in [9.17, 15) is 4.79 Å². The first-order valence-corrected chi connectivity index (χ1v) is 8.53. The number of likely N-dealkylation sites (tertiary alicyclic amines) is 2. The molecule has 1 unspecified atom stereocenters. The maximum absolute atomic E-state index is 12.8. The van der Waals surface area contributed by atoms with Crippen LogP contribution in [0.4, 0.5) is 5.69 Å². The van der Waals surface area contributed by atoms with Crippen LogP contribution in [0, 0.1) is 0 Å². The molecule has 4 nitrogen and oxygen atoms in total. The number of nitrogens with zero attached hydrogens (tertiary/aromatic N) is 2. The molecule has 2 fully saturated rings. The van der Waals surface area contributed by atoms with Gasteiger partial charge < -0.3 is 10.6 Å². The van der Waals surface area contributed by atoms with Gasteiger partial charge in [0.15, 0.2) is 0 Å². The van der Waals surface area contributed by atoms with Gasteiger partial charge in [0.25, 0.3) is 5.91 Å². The summed E-state index contributed by atoms with van der Waals surface area (Å²) in [6, 6.07) is 5.96. The average Bonchev–Trinajstić information content (AvgIpc) is 3.03. The predicted octanol–water partition coefficient (Wildman–Crippen LogP) is 2.73. The van der Waals surface area contributed by atoms with Gasteiger partial charge in [-0.25, -0.2) is 0 Å². The number of hydrogen-bond acceptors (Lipinski definition) is 3. The van der Waals surface area contributed by atoms with E-state index in [-0.39, 0.29) is 5.91 Å². The van der Waals surface area contributed by atoms with E-state index in [1.54, 1.807) is 6.07 Å². The van der Waals surface area contributed by atoms with Gasteiger partial charge in [0.2, 0.25) is 0 Å². The number of nitrogen functional groups attached to an aromatic ring is 1. The Bertz CT molecular complexity index is 528. The first-order valence-electron chi connectivity index (χ1n) is 7.73. The summed E-state index contributed by atoms with van der Waals surface area (Å²) in [5, 5.41) is 0. The first kappa shape index (κ1) is 14.9. The SMILES string of the molecule is Nc1ccc(Br)c(C(=O)N2CCCC(N3CCCC3)C2)c1. The van der Waals surface area contributed by atoms with Crippen LogP contribution in [0.25, 0.3) is 0 Å². The summed E-state index contributed by atoms with van der Waals surface area (Å²) >= 11 is 3.47. The molecule has 0 spiro atoms. The van der Waals surface area contributed by atoms with Gasteiger partial charge in [-0.3, -0.25) is 9.69 Å². The second-order valence-electron chi connectivity index (χ2n) is 6.03. The highest BCUT2D eigenvalue weighted by Gasteiger charge is 2.30. The van der Waals surface area contributed by atoms with E-state index in [1.807, 2.05) is 17.0 Å². The van der Waals surface area contributed by atoms with E-state index in [0.29, 0.717) is 17.3 Å². The van der Waals surface area contributed by atoms with Crippen molar-refractivity contribution in [1.29, 1.82) is 0 Å². The van der Waals surface area contributed by atoms with Crippen LogP contribution in [-0.2, 0) is 0 Å². The standard InChI is InChI=1S/C16H22BrN3O/c17-15-6-5-12(18)10-14(15)16(21)20-9-3-4-13(11-20)19-7-1-2-8-19/h5-6,10,13H,1-4,7-9,11,18H2. The monoisotopic (exact) mass is 351 g/mol. The highest BCUT2D eigenvalue weighted by atomic mass is 79.9. The molecular weight excluding hydrogens is 330 g/mol. The van der Waals surface area contributed by atoms with Crippen molar-refractivity contribution in [2.45, 2.75) is 31.7 Å². The second-order valence-corrected chi connectivity index (χ2v) is 6.88. The summed E-state index contributed by atoms with van der Waals surface area (Å²) in [6.07, 6.45) is 4.89. The molecule has 5 heteroatoms. The quantitative estimate of drug-likeness (QED) is 0.833. The van der Waals surface area contributed by atoms with Gasteiger partial charge in [0, 0.05) is 29.3 Å². The Balaban J connectivity index is 1.73. The lowest BCUT2D eigenvalue weighted by Gasteiger charge is -2.37. The summed E-state index contributed by atoms with van der Waals surface area (Å²) in [5.41, 5.74) is 7.13. The van der Waals surface area contributed by atoms with Crippen LogP contribution in [-0.4, -0.2) is 47.9 Å². The Hall–Kier alpha value is -1.07. The van der Waals surface area contributed by atoms with Gasteiger partial charge in [0.1, 0.15) is 0 Å². The molecule has 1 amide bonds. The average molecular weight is 352 g/mol. The number of hydrogen-bond donors (Lipinski definition) is 1. The zero-order valence-electron chi connectivity index (χ0n) is 12.2. The molecule has 0 saturated carbocycles. The number of nitrogens with two attached hydrogens (primary N) is 1. The van der Waals surface area contributed by atoms with Crippen molar-refractivity contribution in [3.05, 3.63) is 28.2 Å². The minimum atomic E-state index is 0.0954.